The van der Waals surface area contributed by atoms with Crippen molar-refractivity contribution in [2.75, 3.05) is 5.32 Å². The molecule has 0 saturated carbocycles. The smallest absolute Gasteiger partial charge is 0.146 e. The van der Waals surface area contributed by atoms with E-state index in [2.05, 4.69) is 10.3 Å². The normalized spacial score (nSPS) is 10.9. The van der Waals surface area contributed by atoms with E-state index < -0.39 is 0 Å². The Balaban J connectivity index is 1.87. The molecule has 0 unspecified atom stereocenters. The summed E-state index contributed by atoms with van der Waals surface area (Å²) in [5.41, 5.74) is 3.57. The maximum Gasteiger partial charge on any atom is 0.146 e. The van der Waals surface area contributed by atoms with Gasteiger partial charge in [0.15, 0.2) is 0 Å². The topological polar surface area (TPSA) is 29.9 Å². The molecule has 3 rings (SSSR count). The van der Waals surface area contributed by atoms with Crippen molar-refractivity contribution >= 4 is 16.7 Å². The number of nitrogens with one attached hydrogen (secondary N) is 1. The highest BCUT2D eigenvalue weighted by molar-refractivity contribution is 5.75. The number of hydrogen-bond donors (Lipinski definition) is 1. The van der Waals surface area contributed by atoms with Gasteiger partial charge in [-0.05, 0) is 36.8 Å². The maximum absolute atomic E-state index is 13.7. The van der Waals surface area contributed by atoms with Gasteiger partial charge in [-0.3, -0.25) is 0 Å². The largest absolute Gasteiger partial charge is 0.375 e. The van der Waals surface area contributed by atoms with E-state index in [1.807, 2.05) is 42.8 Å². The van der Waals surface area contributed by atoms with Crippen LogP contribution >= 0.6 is 0 Å². The molecule has 0 atom stereocenters. The summed E-state index contributed by atoms with van der Waals surface area (Å²) >= 11 is 0. The van der Waals surface area contributed by atoms with Crippen LogP contribution in [0.1, 0.15) is 11.4 Å². The molecule has 0 aliphatic heterocycles. The Morgan fingerprint density at radius 3 is 2.80 bits per heavy atom. The third kappa shape index (κ3) is 2.25. The molecule has 1 aromatic heterocycles. The van der Waals surface area contributed by atoms with Crippen molar-refractivity contribution in [3.05, 3.63) is 59.7 Å². The van der Waals surface area contributed by atoms with Crippen molar-refractivity contribution in [2.45, 2.75) is 13.5 Å². The quantitative estimate of drug-likeness (QED) is 0.786. The maximum atomic E-state index is 13.7. The molecule has 3 aromatic rings. The zero-order valence-corrected chi connectivity index (χ0v) is 11.5. The zero-order chi connectivity index (χ0) is 14.1. The van der Waals surface area contributed by atoms with E-state index >= 15 is 0 Å². The summed E-state index contributed by atoms with van der Waals surface area (Å²) in [4.78, 5) is 4.56. The van der Waals surface area contributed by atoms with Crippen LogP contribution in [0.25, 0.3) is 11.0 Å². The standard InChI is InChI=1S/C16H16FN3/c1-11-7-8-12(17)14(9-11)18-10-16-19-13-5-3-4-6-15(13)20(16)2/h3-9,18H,10H2,1-2H3. The van der Waals surface area contributed by atoms with Crippen LogP contribution in [0.5, 0.6) is 0 Å². The average molecular weight is 269 g/mol. The number of anilines is 1. The molecule has 1 heterocycles. The molecule has 0 aliphatic rings. The highest BCUT2D eigenvalue weighted by atomic mass is 19.1. The lowest BCUT2D eigenvalue weighted by Crippen LogP contribution is -2.07. The van der Waals surface area contributed by atoms with E-state index in [1.54, 1.807) is 12.1 Å². The van der Waals surface area contributed by atoms with Crippen LogP contribution in [0.4, 0.5) is 10.1 Å². The molecule has 0 amide bonds. The van der Waals surface area contributed by atoms with Gasteiger partial charge >= 0.3 is 0 Å². The average Bonchev–Trinajstić information content (AvgIpc) is 2.77. The van der Waals surface area contributed by atoms with Gasteiger partial charge in [-0.25, -0.2) is 9.37 Å². The van der Waals surface area contributed by atoms with Crippen LogP contribution in [0.15, 0.2) is 42.5 Å². The summed E-state index contributed by atoms with van der Waals surface area (Å²) in [5.74, 6) is 0.640. The van der Waals surface area contributed by atoms with Crippen molar-refractivity contribution in [2.24, 2.45) is 7.05 Å². The van der Waals surface area contributed by atoms with E-state index in [1.165, 1.54) is 6.07 Å². The lowest BCUT2D eigenvalue weighted by atomic mass is 10.2. The second kappa shape index (κ2) is 4.96. The zero-order valence-electron chi connectivity index (χ0n) is 11.5. The monoisotopic (exact) mass is 269 g/mol. The van der Waals surface area contributed by atoms with Gasteiger partial charge in [-0.15, -0.1) is 0 Å². The van der Waals surface area contributed by atoms with Crippen LogP contribution in [-0.2, 0) is 13.6 Å². The number of benzene rings is 2. The Labute approximate surface area is 117 Å². The molecular formula is C16H16FN3. The molecule has 1 N–H and O–H groups in total. The number of rotatable bonds is 3. The van der Waals surface area contributed by atoms with E-state index in [0.717, 1.165) is 22.4 Å². The fourth-order valence-corrected chi connectivity index (χ4v) is 2.30. The molecule has 3 nitrogen and oxygen atoms in total. The third-order valence-corrected chi connectivity index (χ3v) is 3.44. The number of imidazole rings is 1. The first-order valence-electron chi connectivity index (χ1n) is 6.55. The summed E-state index contributed by atoms with van der Waals surface area (Å²) in [7, 11) is 1.97. The predicted octanol–water partition coefficient (Wildman–Crippen LogP) is 3.63. The van der Waals surface area contributed by atoms with Crippen LogP contribution in [0.3, 0.4) is 0 Å². The number of aryl methyl sites for hydroxylation is 2. The second-order valence-electron chi connectivity index (χ2n) is 4.91. The van der Waals surface area contributed by atoms with Gasteiger partial charge in [-0.1, -0.05) is 18.2 Å². The minimum absolute atomic E-state index is 0.241. The highest BCUT2D eigenvalue weighted by Gasteiger charge is 2.08. The van der Waals surface area contributed by atoms with Crippen molar-refractivity contribution in [3.63, 3.8) is 0 Å². The lowest BCUT2D eigenvalue weighted by molar-refractivity contribution is 0.629. The molecule has 4 heteroatoms. The number of fused-ring (bicyclic) bond motifs is 1. The molecule has 2 aromatic carbocycles. The van der Waals surface area contributed by atoms with Gasteiger partial charge < -0.3 is 9.88 Å². The number of aromatic nitrogens is 2. The Kier molecular flexibility index (Phi) is 3.14. The summed E-state index contributed by atoms with van der Waals surface area (Å²) in [6, 6.07) is 13.0. The fourth-order valence-electron chi connectivity index (χ4n) is 2.30. The Morgan fingerprint density at radius 1 is 1.20 bits per heavy atom. The molecule has 0 fully saturated rings. The van der Waals surface area contributed by atoms with Gasteiger partial charge in [0.1, 0.15) is 11.6 Å². The van der Waals surface area contributed by atoms with E-state index in [9.17, 15) is 4.39 Å². The summed E-state index contributed by atoms with van der Waals surface area (Å²) in [6.45, 7) is 2.44. The minimum atomic E-state index is -0.241. The Morgan fingerprint density at radius 2 is 2.00 bits per heavy atom. The summed E-state index contributed by atoms with van der Waals surface area (Å²) in [6.07, 6.45) is 0. The van der Waals surface area contributed by atoms with E-state index in [-0.39, 0.29) is 5.82 Å². The number of halogens is 1. The second-order valence-corrected chi connectivity index (χ2v) is 4.91. The number of hydrogen-bond acceptors (Lipinski definition) is 2. The van der Waals surface area contributed by atoms with E-state index in [0.29, 0.717) is 12.2 Å². The van der Waals surface area contributed by atoms with Crippen LogP contribution in [-0.4, -0.2) is 9.55 Å². The van der Waals surface area contributed by atoms with Crippen LogP contribution < -0.4 is 5.32 Å². The van der Waals surface area contributed by atoms with Crippen molar-refractivity contribution in [3.8, 4) is 0 Å². The van der Waals surface area contributed by atoms with Crippen molar-refractivity contribution in [1.82, 2.24) is 9.55 Å². The summed E-state index contributed by atoms with van der Waals surface area (Å²) in [5, 5.41) is 3.11. The predicted molar refractivity (Wildman–Crippen MR) is 79.2 cm³/mol. The molecule has 0 saturated heterocycles. The first-order valence-corrected chi connectivity index (χ1v) is 6.55. The van der Waals surface area contributed by atoms with Gasteiger partial charge in [0.2, 0.25) is 0 Å². The van der Waals surface area contributed by atoms with Gasteiger partial charge in [-0.2, -0.15) is 0 Å². The molecule has 0 radical (unpaired) electrons. The first-order chi connectivity index (χ1) is 9.65. The molecule has 102 valence electrons. The van der Waals surface area contributed by atoms with Crippen molar-refractivity contribution in [1.29, 1.82) is 0 Å². The minimum Gasteiger partial charge on any atom is -0.375 e. The molecule has 0 spiro atoms. The fraction of sp³-hybridized carbons (Fsp3) is 0.188. The third-order valence-electron chi connectivity index (χ3n) is 3.44. The Hall–Kier alpha value is -2.36. The molecule has 0 aliphatic carbocycles. The lowest BCUT2D eigenvalue weighted by Gasteiger charge is -2.08. The van der Waals surface area contributed by atoms with Gasteiger partial charge in [0, 0.05) is 7.05 Å². The highest BCUT2D eigenvalue weighted by Crippen LogP contribution is 2.18. The van der Waals surface area contributed by atoms with Gasteiger partial charge in [0.05, 0.1) is 23.3 Å². The SMILES string of the molecule is Cc1ccc(F)c(NCc2nc3ccccc3n2C)c1. The van der Waals surface area contributed by atoms with Crippen LogP contribution in [0.2, 0.25) is 0 Å². The van der Waals surface area contributed by atoms with Crippen LogP contribution in [0, 0.1) is 12.7 Å². The number of para-hydroxylation sites is 2. The number of nitrogens with zero attached hydrogens (tertiary/aromatic N) is 2. The molecule has 20 heavy (non-hydrogen) atoms. The first kappa shape index (κ1) is 12.7. The van der Waals surface area contributed by atoms with Gasteiger partial charge in [0.25, 0.3) is 0 Å². The van der Waals surface area contributed by atoms with Crippen molar-refractivity contribution < 1.29 is 4.39 Å². The van der Waals surface area contributed by atoms with E-state index in [4.69, 9.17) is 0 Å². The molecule has 0 bridgehead atoms. The molecular weight excluding hydrogens is 253 g/mol. The summed E-state index contributed by atoms with van der Waals surface area (Å²) < 4.78 is 15.7. The Bertz CT molecular complexity index is 762.